The number of hydrogen-bond donors (Lipinski definition) is 0. The summed E-state index contributed by atoms with van der Waals surface area (Å²) in [6, 6.07) is 6.13. The van der Waals surface area contributed by atoms with Crippen molar-refractivity contribution in [2.24, 2.45) is 0 Å². The summed E-state index contributed by atoms with van der Waals surface area (Å²) in [6.07, 6.45) is 6.80. The second-order valence-electron chi connectivity index (χ2n) is 5.88. The second kappa shape index (κ2) is 7.42. The molecule has 22 heavy (non-hydrogen) atoms. The molecule has 3 rings (SSSR count). The number of nitrogens with zero attached hydrogens (tertiary/aromatic N) is 5. The molecule has 1 aliphatic heterocycles. The molecule has 1 fully saturated rings. The van der Waals surface area contributed by atoms with Gasteiger partial charge in [0.1, 0.15) is 0 Å². The molecule has 0 atom stereocenters. The zero-order valence-electron chi connectivity index (χ0n) is 13.1. The van der Waals surface area contributed by atoms with Crippen LogP contribution in [0.5, 0.6) is 0 Å². The normalized spacial score (nSPS) is 17.3. The van der Waals surface area contributed by atoms with Crippen molar-refractivity contribution in [1.29, 1.82) is 0 Å². The third-order valence-corrected chi connectivity index (χ3v) is 4.01. The van der Waals surface area contributed by atoms with Crippen LogP contribution in [-0.4, -0.2) is 50.9 Å². The molecule has 2 aromatic heterocycles. The van der Waals surface area contributed by atoms with Crippen LogP contribution in [0, 0.1) is 6.92 Å². The lowest BCUT2D eigenvalue weighted by atomic mass is 10.3. The molecule has 0 aliphatic carbocycles. The van der Waals surface area contributed by atoms with Crippen molar-refractivity contribution >= 4 is 0 Å². The van der Waals surface area contributed by atoms with Crippen LogP contribution in [0.1, 0.15) is 23.5 Å². The summed E-state index contributed by atoms with van der Waals surface area (Å²) in [7, 11) is 0. The highest BCUT2D eigenvalue weighted by Gasteiger charge is 2.15. The van der Waals surface area contributed by atoms with E-state index in [2.05, 4.69) is 36.9 Å². The predicted octanol–water partition coefficient (Wildman–Crippen LogP) is 1.89. The summed E-state index contributed by atoms with van der Waals surface area (Å²) >= 11 is 0. The molecule has 0 saturated carbocycles. The maximum absolute atomic E-state index is 4.46. The molecule has 0 amide bonds. The van der Waals surface area contributed by atoms with Gasteiger partial charge in [0.2, 0.25) is 0 Å². The van der Waals surface area contributed by atoms with E-state index in [0.29, 0.717) is 0 Å². The first kappa shape index (κ1) is 15.1. The van der Waals surface area contributed by atoms with E-state index in [1.54, 1.807) is 0 Å². The van der Waals surface area contributed by atoms with E-state index in [1.165, 1.54) is 6.42 Å². The monoisotopic (exact) mass is 297 g/mol. The Morgan fingerprint density at radius 1 is 0.864 bits per heavy atom. The minimum absolute atomic E-state index is 0.894. The quantitative estimate of drug-likeness (QED) is 0.862. The van der Waals surface area contributed by atoms with Crippen LogP contribution in [-0.2, 0) is 13.1 Å². The first-order chi connectivity index (χ1) is 10.8. The summed E-state index contributed by atoms with van der Waals surface area (Å²) in [5.41, 5.74) is 3.19. The van der Waals surface area contributed by atoms with Gasteiger partial charge in [-0.3, -0.25) is 24.8 Å². The lowest BCUT2D eigenvalue weighted by molar-refractivity contribution is 0.244. The van der Waals surface area contributed by atoms with E-state index >= 15 is 0 Å². The molecule has 0 unspecified atom stereocenters. The van der Waals surface area contributed by atoms with Gasteiger partial charge in [-0.2, -0.15) is 0 Å². The molecule has 0 radical (unpaired) electrons. The lowest BCUT2D eigenvalue weighted by Gasteiger charge is -2.21. The molecule has 0 spiro atoms. The summed E-state index contributed by atoms with van der Waals surface area (Å²) in [4.78, 5) is 18.2. The smallest absolute Gasteiger partial charge is 0.0727 e. The Morgan fingerprint density at radius 2 is 1.64 bits per heavy atom. The Kier molecular flexibility index (Phi) is 5.08. The van der Waals surface area contributed by atoms with Crippen LogP contribution in [0.4, 0.5) is 0 Å². The second-order valence-corrected chi connectivity index (χ2v) is 5.88. The fourth-order valence-corrected chi connectivity index (χ4v) is 2.79. The fourth-order valence-electron chi connectivity index (χ4n) is 2.79. The maximum atomic E-state index is 4.46. The van der Waals surface area contributed by atoms with Crippen molar-refractivity contribution < 1.29 is 0 Å². The summed E-state index contributed by atoms with van der Waals surface area (Å²) in [5.74, 6) is 0. The van der Waals surface area contributed by atoms with Gasteiger partial charge in [0.05, 0.1) is 17.1 Å². The molecule has 116 valence electrons. The Morgan fingerprint density at radius 3 is 2.27 bits per heavy atom. The molecular formula is C17H23N5. The van der Waals surface area contributed by atoms with Crippen molar-refractivity contribution in [3.8, 4) is 0 Å². The third kappa shape index (κ3) is 4.32. The van der Waals surface area contributed by atoms with E-state index in [-0.39, 0.29) is 0 Å². The molecule has 0 bridgehead atoms. The van der Waals surface area contributed by atoms with Gasteiger partial charge >= 0.3 is 0 Å². The van der Waals surface area contributed by atoms with E-state index < -0.39 is 0 Å². The molecule has 2 aromatic rings. The SMILES string of the molecule is Cc1cnc(CN2CCCN(Cc3ccccn3)CC2)cn1. The van der Waals surface area contributed by atoms with Crippen LogP contribution in [0.2, 0.25) is 0 Å². The van der Waals surface area contributed by atoms with Gasteiger partial charge in [-0.25, -0.2) is 0 Å². The van der Waals surface area contributed by atoms with Gasteiger partial charge in [0, 0.05) is 44.8 Å². The Hall–Kier alpha value is -1.85. The molecule has 0 N–H and O–H groups in total. The van der Waals surface area contributed by atoms with Crippen LogP contribution < -0.4 is 0 Å². The number of hydrogen-bond acceptors (Lipinski definition) is 5. The summed E-state index contributed by atoms with van der Waals surface area (Å²) in [6.45, 7) is 8.21. The van der Waals surface area contributed by atoms with Crippen molar-refractivity contribution in [3.63, 3.8) is 0 Å². The van der Waals surface area contributed by atoms with E-state index in [4.69, 9.17) is 0 Å². The van der Waals surface area contributed by atoms with Crippen molar-refractivity contribution in [3.05, 3.63) is 53.9 Å². The fraction of sp³-hybridized carbons (Fsp3) is 0.471. The maximum Gasteiger partial charge on any atom is 0.0727 e. The number of aromatic nitrogens is 3. The van der Waals surface area contributed by atoms with Crippen molar-refractivity contribution in [2.45, 2.75) is 26.4 Å². The highest BCUT2D eigenvalue weighted by molar-refractivity contribution is 5.03. The highest BCUT2D eigenvalue weighted by Crippen LogP contribution is 2.09. The third-order valence-electron chi connectivity index (χ3n) is 4.01. The Labute approximate surface area is 132 Å². The van der Waals surface area contributed by atoms with Gasteiger partial charge < -0.3 is 0 Å². The van der Waals surface area contributed by atoms with E-state index in [0.717, 1.165) is 56.4 Å². The number of aryl methyl sites for hydroxylation is 1. The zero-order chi connectivity index (χ0) is 15.2. The topological polar surface area (TPSA) is 45.2 Å². The van der Waals surface area contributed by atoms with Crippen LogP contribution in [0.15, 0.2) is 36.8 Å². The van der Waals surface area contributed by atoms with Gasteiger partial charge in [0.15, 0.2) is 0 Å². The number of pyridine rings is 1. The highest BCUT2D eigenvalue weighted by atomic mass is 15.2. The van der Waals surface area contributed by atoms with Gasteiger partial charge in [-0.05, 0) is 38.6 Å². The van der Waals surface area contributed by atoms with Crippen LogP contribution in [0.25, 0.3) is 0 Å². The Balaban J connectivity index is 1.52. The zero-order valence-corrected chi connectivity index (χ0v) is 13.1. The van der Waals surface area contributed by atoms with Crippen LogP contribution >= 0.6 is 0 Å². The lowest BCUT2D eigenvalue weighted by Crippen LogP contribution is -2.30. The molecule has 0 aromatic carbocycles. The van der Waals surface area contributed by atoms with Gasteiger partial charge in [-0.15, -0.1) is 0 Å². The molecule has 1 aliphatic rings. The molecule has 1 saturated heterocycles. The van der Waals surface area contributed by atoms with Crippen molar-refractivity contribution in [1.82, 2.24) is 24.8 Å². The molecule has 3 heterocycles. The molecule has 5 heteroatoms. The van der Waals surface area contributed by atoms with Crippen molar-refractivity contribution in [2.75, 3.05) is 26.2 Å². The van der Waals surface area contributed by atoms with E-state index in [1.807, 2.05) is 31.6 Å². The average molecular weight is 297 g/mol. The minimum atomic E-state index is 0.894. The predicted molar refractivity (Wildman–Crippen MR) is 86.2 cm³/mol. The molecule has 5 nitrogen and oxygen atoms in total. The standard InChI is InChI=1S/C17H23N5/c1-15-11-20-17(12-19-15)14-22-8-4-7-21(9-10-22)13-16-5-2-3-6-18-16/h2-3,5-6,11-12H,4,7-10,13-14H2,1H3. The largest absolute Gasteiger partial charge is 0.296 e. The minimum Gasteiger partial charge on any atom is -0.296 e. The summed E-state index contributed by atoms with van der Waals surface area (Å²) in [5, 5.41) is 0. The summed E-state index contributed by atoms with van der Waals surface area (Å²) < 4.78 is 0. The first-order valence-corrected chi connectivity index (χ1v) is 7.92. The number of rotatable bonds is 4. The van der Waals surface area contributed by atoms with Gasteiger partial charge in [0.25, 0.3) is 0 Å². The average Bonchev–Trinajstić information content (AvgIpc) is 2.76. The van der Waals surface area contributed by atoms with E-state index in [9.17, 15) is 0 Å². The molecular weight excluding hydrogens is 274 g/mol. The van der Waals surface area contributed by atoms with Gasteiger partial charge in [-0.1, -0.05) is 6.07 Å². The first-order valence-electron chi connectivity index (χ1n) is 7.92. The Bertz CT molecular complexity index is 569. The van der Waals surface area contributed by atoms with Crippen LogP contribution in [0.3, 0.4) is 0 Å².